The minimum Gasteiger partial charge on any atom is -0.478 e. The van der Waals surface area contributed by atoms with E-state index in [1.54, 1.807) is 6.92 Å². The first-order chi connectivity index (χ1) is 5.11. The average Bonchev–Trinajstić information content (AvgIpc) is 1.94. The molecule has 11 heavy (non-hydrogen) atoms. The lowest BCUT2D eigenvalue weighted by atomic mass is 10.2. The first-order valence-electron chi connectivity index (χ1n) is 3.06. The van der Waals surface area contributed by atoms with Gasteiger partial charge in [-0.3, -0.25) is 4.98 Å². The Kier molecular flexibility index (Phi) is 1.76. The number of carboxylic acid groups (broad SMARTS) is 1. The van der Waals surface area contributed by atoms with Gasteiger partial charge in [-0.2, -0.15) is 0 Å². The Morgan fingerprint density at radius 2 is 2.36 bits per heavy atom. The van der Waals surface area contributed by atoms with Gasteiger partial charge in [-0.25, -0.2) is 4.79 Å². The molecule has 0 fully saturated rings. The van der Waals surface area contributed by atoms with Crippen LogP contribution in [0.25, 0.3) is 0 Å². The Morgan fingerprint density at radius 1 is 1.73 bits per heavy atom. The lowest BCUT2D eigenvalue weighted by molar-refractivity contribution is 0.0695. The molecule has 0 aliphatic rings. The van der Waals surface area contributed by atoms with Gasteiger partial charge in [0.25, 0.3) is 0 Å². The van der Waals surface area contributed by atoms with Crippen LogP contribution in [0.5, 0.6) is 0 Å². The molecule has 0 spiro atoms. The summed E-state index contributed by atoms with van der Waals surface area (Å²) in [5, 5.41) is 8.59. The summed E-state index contributed by atoms with van der Waals surface area (Å²) in [7, 11) is 0. The molecule has 0 aliphatic heterocycles. The number of nitrogen functional groups attached to an aromatic ring is 1. The SMILES string of the molecule is Cc1ncc(N)cc1C(=O)O. The van der Waals surface area contributed by atoms with Crippen molar-refractivity contribution in [2.45, 2.75) is 6.92 Å². The molecule has 4 nitrogen and oxygen atoms in total. The Morgan fingerprint density at radius 3 is 2.82 bits per heavy atom. The first-order valence-corrected chi connectivity index (χ1v) is 3.06. The molecular formula is C7H8N2O2. The highest BCUT2D eigenvalue weighted by molar-refractivity contribution is 5.89. The van der Waals surface area contributed by atoms with Gasteiger partial charge >= 0.3 is 5.97 Å². The fourth-order valence-electron chi connectivity index (χ4n) is 0.766. The summed E-state index contributed by atoms with van der Waals surface area (Å²) in [4.78, 5) is 14.3. The second kappa shape index (κ2) is 2.57. The zero-order valence-electron chi connectivity index (χ0n) is 6.03. The predicted molar refractivity (Wildman–Crippen MR) is 40.3 cm³/mol. The molecule has 0 aliphatic carbocycles. The molecule has 0 saturated carbocycles. The summed E-state index contributed by atoms with van der Waals surface area (Å²) in [6, 6.07) is 1.39. The number of aryl methyl sites for hydroxylation is 1. The van der Waals surface area contributed by atoms with E-state index >= 15 is 0 Å². The third-order valence-electron chi connectivity index (χ3n) is 1.34. The molecular weight excluding hydrogens is 144 g/mol. The summed E-state index contributed by atoms with van der Waals surface area (Å²) in [6.45, 7) is 1.63. The standard InChI is InChI=1S/C7H8N2O2/c1-4-6(7(10)11)2-5(8)3-9-4/h2-3H,8H2,1H3,(H,10,11). The maximum Gasteiger partial charge on any atom is 0.337 e. The van der Waals surface area contributed by atoms with E-state index in [-0.39, 0.29) is 5.56 Å². The second-order valence-corrected chi connectivity index (χ2v) is 2.21. The smallest absolute Gasteiger partial charge is 0.337 e. The maximum absolute atomic E-state index is 10.5. The molecule has 4 heteroatoms. The zero-order chi connectivity index (χ0) is 8.43. The summed E-state index contributed by atoms with van der Waals surface area (Å²) >= 11 is 0. The van der Waals surface area contributed by atoms with Crippen LogP contribution in [0.4, 0.5) is 5.69 Å². The van der Waals surface area contributed by atoms with Crippen LogP contribution in [0, 0.1) is 6.92 Å². The topological polar surface area (TPSA) is 76.2 Å². The summed E-state index contributed by atoms with van der Waals surface area (Å²) in [5.74, 6) is -0.998. The van der Waals surface area contributed by atoms with Gasteiger partial charge < -0.3 is 10.8 Å². The highest BCUT2D eigenvalue weighted by Crippen LogP contribution is 2.08. The first kappa shape index (κ1) is 7.53. The molecule has 1 aromatic rings. The molecule has 3 N–H and O–H groups in total. The third-order valence-corrected chi connectivity index (χ3v) is 1.34. The zero-order valence-corrected chi connectivity index (χ0v) is 6.03. The molecule has 0 aromatic carbocycles. The number of carboxylic acids is 1. The highest BCUT2D eigenvalue weighted by Gasteiger charge is 2.06. The van der Waals surface area contributed by atoms with Gasteiger partial charge in [0.15, 0.2) is 0 Å². The van der Waals surface area contributed by atoms with Crippen LogP contribution < -0.4 is 5.73 Å². The summed E-state index contributed by atoms with van der Waals surface area (Å²) < 4.78 is 0. The molecule has 0 saturated heterocycles. The minimum atomic E-state index is -0.998. The number of rotatable bonds is 1. The quantitative estimate of drug-likeness (QED) is 0.620. The number of anilines is 1. The minimum absolute atomic E-state index is 0.157. The van der Waals surface area contributed by atoms with Gasteiger partial charge in [0.2, 0.25) is 0 Å². The van der Waals surface area contributed by atoms with Gasteiger partial charge in [0.05, 0.1) is 23.1 Å². The average molecular weight is 152 g/mol. The molecule has 0 unspecified atom stereocenters. The Labute approximate surface area is 63.7 Å². The van der Waals surface area contributed by atoms with Crippen molar-refractivity contribution in [1.82, 2.24) is 4.98 Å². The van der Waals surface area contributed by atoms with Crippen molar-refractivity contribution >= 4 is 11.7 Å². The van der Waals surface area contributed by atoms with Crippen LogP contribution >= 0.6 is 0 Å². The van der Waals surface area contributed by atoms with E-state index < -0.39 is 5.97 Å². The van der Waals surface area contributed by atoms with Crippen molar-refractivity contribution in [2.24, 2.45) is 0 Å². The van der Waals surface area contributed by atoms with Crippen LogP contribution in [-0.2, 0) is 0 Å². The molecule has 0 radical (unpaired) electrons. The fourth-order valence-corrected chi connectivity index (χ4v) is 0.766. The van der Waals surface area contributed by atoms with Crippen LogP contribution in [0.3, 0.4) is 0 Å². The van der Waals surface area contributed by atoms with Crippen molar-refractivity contribution in [3.8, 4) is 0 Å². The number of carbonyl (C=O) groups is 1. The largest absolute Gasteiger partial charge is 0.478 e. The van der Waals surface area contributed by atoms with E-state index in [4.69, 9.17) is 10.8 Å². The molecule has 0 bridgehead atoms. The van der Waals surface area contributed by atoms with Crippen LogP contribution in [0.15, 0.2) is 12.3 Å². The molecule has 0 amide bonds. The van der Waals surface area contributed by atoms with E-state index in [0.717, 1.165) is 0 Å². The molecule has 1 heterocycles. The summed E-state index contributed by atoms with van der Waals surface area (Å²) in [6.07, 6.45) is 1.43. The number of hydrogen-bond acceptors (Lipinski definition) is 3. The number of pyridine rings is 1. The van der Waals surface area contributed by atoms with Crippen molar-refractivity contribution in [3.05, 3.63) is 23.5 Å². The van der Waals surface area contributed by atoms with Crippen molar-refractivity contribution in [2.75, 3.05) is 5.73 Å². The lowest BCUT2D eigenvalue weighted by Crippen LogP contribution is -2.02. The van der Waals surface area contributed by atoms with Crippen LogP contribution in [0.2, 0.25) is 0 Å². The normalized spacial score (nSPS) is 9.55. The molecule has 1 rings (SSSR count). The lowest BCUT2D eigenvalue weighted by Gasteiger charge is -1.99. The maximum atomic E-state index is 10.5. The highest BCUT2D eigenvalue weighted by atomic mass is 16.4. The monoisotopic (exact) mass is 152 g/mol. The van der Waals surface area contributed by atoms with E-state index in [9.17, 15) is 4.79 Å². The number of nitrogens with zero attached hydrogens (tertiary/aromatic N) is 1. The number of aromatic carboxylic acids is 1. The number of hydrogen-bond donors (Lipinski definition) is 2. The Balaban J connectivity index is 3.23. The third kappa shape index (κ3) is 1.46. The van der Waals surface area contributed by atoms with E-state index in [1.165, 1.54) is 12.3 Å². The van der Waals surface area contributed by atoms with E-state index in [1.807, 2.05) is 0 Å². The van der Waals surface area contributed by atoms with Crippen LogP contribution in [0.1, 0.15) is 16.1 Å². The van der Waals surface area contributed by atoms with Gasteiger partial charge in [0, 0.05) is 0 Å². The van der Waals surface area contributed by atoms with E-state index in [0.29, 0.717) is 11.4 Å². The predicted octanol–water partition coefficient (Wildman–Crippen LogP) is 0.670. The molecule has 0 atom stereocenters. The van der Waals surface area contributed by atoms with Gasteiger partial charge in [-0.05, 0) is 13.0 Å². The Bertz CT molecular complexity index is 296. The summed E-state index contributed by atoms with van der Waals surface area (Å²) in [5.41, 5.74) is 6.34. The van der Waals surface area contributed by atoms with Gasteiger partial charge in [-0.1, -0.05) is 0 Å². The van der Waals surface area contributed by atoms with Crippen molar-refractivity contribution < 1.29 is 9.90 Å². The molecule has 1 aromatic heterocycles. The second-order valence-electron chi connectivity index (χ2n) is 2.21. The van der Waals surface area contributed by atoms with Crippen LogP contribution in [-0.4, -0.2) is 16.1 Å². The Hall–Kier alpha value is -1.58. The fraction of sp³-hybridized carbons (Fsp3) is 0.143. The van der Waals surface area contributed by atoms with Gasteiger partial charge in [0.1, 0.15) is 0 Å². The molecule has 58 valence electrons. The number of nitrogens with two attached hydrogens (primary N) is 1. The van der Waals surface area contributed by atoms with E-state index in [2.05, 4.69) is 4.98 Å². The van der Waals surface area contributed by atoms with Crippen molar-refractivity contribution in [1.29, 1.82) is 0 Å². The van der Waals surface area contributed by atoms with Gasteiger partial charge in [-0.15, -0.1) is 0 Å². The number of aromatic nitrogens is 1. The van der Waals surface area contributed by atoms with Crippen molar-refractivity contribution in [3.63, 3.8) is 0 Å².